The van der Waals surface area contributed by atoms with Gasteiger partial charge in [0.25, 0.3) is 0 Å². The average Bonchev–Trinajstić information content (AvgIpc) is 2.40. The van der Waals surface area contributed by atoms with Gasteiger partial charge in [-0.05, 0) is 24.3 Å². The molecule has 0 saturated heterocycles. The quantitative estimate of drug-likeness (QED) is 0.641. The maximum absolute atomic E-state index is 11.5. The molecule has 17 heavy (non-hydrogen) atoms. The number of rotatable bonds is 4. The van der Waals surface area contributed by atoms with E-state index in [4.69, 9.17) is 10.1 Å². The molecule has 0 aliphatic rings. The molecule has 0 unspecified atom stereocenters. The summed E-state index contributed by atoms with van der Waals surface area (Å²) in [6, 6.07) is 16.1. The zero-order chi connectivity index (χ0) is 12.1. The zero-order valence-corrected chi connectivity index (χ0v) is 9.09. The van der Waals surface area contributed by atoms with Gasteiger partial charge in [-0.3, -0.25) is 4.79 Å². The van der Waals surface area contributed by atoms with E-state index in [0.717, 1.165) is 6.21 Å². The molecule has 0 aromatic heterocycles. The summed E-state index contributed by atoms with van der Waals surface area (Å²) in [6.45, 7) is 0. The fourth-order valence-electron chi connectivity index (χ4n) is 1.45. The van der Waals surface area contributed by atoms with Crippen LogP contribution in [0.4, 0.5) is 0 Å². The fourth-order valence-corrected chi connectivity index (χ4v) is 1.45. The first kappa shape index (κ1) is 11.1. The molecule has 2 rings (SSSR count). The highest BCUT2D eigenvalue weighted by Gasteiger charge is 2.09. The van der Waals surface area contributed by atoms with E-state index >= 15 is 0 Å². The number of carbonyl (C=O) groups excluding carboxylic acids is 1. The molecule has 84 valence electrons. The summed E-state index contributed by atoms with van der Waals surface area (Å²) in [4.78, 5) is 11.5. The van der Waals surface area contributed by atoms with Crippen LogP contribution >= 0.6 is 0 Å². The molecule has 0 aliphatic heterocycles. The normalized spacial score (nSPS) is 9.65. The Labute approximate surface area is 99.2 Å². The molecule has 0 fully saturated rings. The van der Waals surface area contributed by atoms with Crippen molar-refractivity contribution in [2.45, 2.75) is 0 Å². The van der Waals surface area contributed by atoms with Gasteiger partial charge < -0.3 is 10.1 Å². The monoisotopic (exact) mass is 225 g/mol. The average molecular weight is 225 g/mol. The van der Waals surface area contributed by atoms with E-state index in [-0.39, 0.29) is 5.78 Å². The van der Waals surface area contributed by atoms with E-state index < -0.39 is 0 Å². The van der Waals surface area contributed by atoms with E-state index in [0.29, 0.717) is 17.1 Å². The van der Waals surface area contributed by atoms with Crippen LogP contribution < -0.4 is 4.74 Å². The van der Waals surface area contributed by atoms with Gasteiger partial charge in [0.15, 0.2) is 0 Å². The Bertz CT molecular complexity index is 535. The molecule has 0 heterocycles. The molecule has 0 aliphatic carbocycles. The molecule has 0 saturated carbocycles. The Morgan fingerprint density at radius 2 is 1.65 bits per heavy atom. The number of nitrogens with one attached hydrogen (secondary N) is 1. The number of ether oxygens (including phenoxy) is 1. The fraction of sp³-hybridized carbons (Fsp3) is 0. The van der Waals surface area contributed by atoms with Crippen molar-refractivity contribution >= 4 is 12.0 Å². The van der Waals surface area contributed by atoms with Crippen molar-refractivity contribution in [3.63, 3.8) is 0 Å². The van der Waals surface area contributed by atoms with Crippen LogP contribution in [0.1, 0.15) is 10.4 Å². The Kier molecular flexibility index (Phi) is 3.31. The summed E-state index contributed by atoms with van der Waals surface area (Å²) in [7, 11) is 0. The predicted molar refractivity (Wildman–Crippen MR) is 66.1 cm³/mol. The van der Waals surface area contributed by atoms with Crippen molar-refractivity contribution in [3.8, 4) is 11.5 Å². The van der Waals surface area contributed by atoms with Crippen molar-refractivity contribution in [1.82, 2.24) is 0 Å². The third kappa shape index (κ3) is 2.58. The second kappa shape index (κ2) is 5.07. The van der Waals surface area contributed by atoms with Crippen molar-refractivity contribution in [2.75, 3.05) is 0 Å². The van der Waals surface area contributed by atoms with Crippen molar-refractivity contribution < 1.29 is 9.53 Å². The molecule has 0 bridgehead atoms. The van der Waals surface area contributed by atoms with E-state index in [1.807, 2.05) is 30.3 Å². The van der Waals surface area contributed by atoms with Crippen molar-refractivity contribution in [3.05, 3.63) is 60.2 Å². The lowest BCUT2D eigenvalue weighted by atomic mass is 10.1. The largest absolute Gasteiger partial charge is 0.457 e. The van der Waals surface area contributed by atoms with E-state index in [2.05, 4.69) is 0 Å². The number of hydrogen-bond acceptors (Lipinski definition) is 3. The highest BCUT2D eigenvalue weighted by molar-refractivity contribution is 6.35. The van der Waals surface area contributed by atoms with E-state index in [9.17, 15) is 4.79 Å². The van der Waals surface area contributed by atoms with Gasteiger partial charge in [0.2, 0.25) is 5.78 Å². The van der Waals surface area contributed by atoms with Crippen LogP contribution in [0.3, 0.4) is 0 Å². The first-order valence-electron chi connectivity index (χ1n) is 5.18. The second-order valence-electron chi connectivity index (χ2n) is 3.42. The van der Waals surface area contributed by atoms with Gasteiger partial charge in [-0.2, -0.15) is 0 Å². The van der Waals surface area contributed by atoms with Crippen LogP contribution in [0.2, 0.25) is 0 Å². The number of hydrogen-bond donors (Lipinski definition) is 1. The van der Waals surface area contributed by atoms with Gasteiger partial charge in [-0.1, -0.05) is 30.3 Å². The number of para-hydroxylation sites is 2. The molecule has 0 atom stereocenters. The standard InChI is InChI=1S/C14H11NO2/c15-10-13(16)12-8-4-5-9-14(12)17-11-6-2-1-3-7-11/h1-10,15H. The van der Waals surface area contributed by atoms with Crippen LogP contribution in [0, 0.1) is 5.41 Å². The molecule has 0 amide bonds. The summed E-state index contributed by atoms with van der Waals surface area (Å²) >= 11 is 0. The minimum Gasteiger partial charge on any atom is -0.457 e. The molecule has 2 aromatic carbocycles. The smallest absolute Gasteiger partial charge is 0.207 e. The van der Waals surface area contributed by atoms with Gasteiger partial charge in [0, 0.05) is 0 Å². The zero-order valence-electron chi connectivity index (χ0n) is 9.09. The Morgan fingerprint density at radius 3 is 2.35 bits per heavy atom. The van der Waals surface area contributed by atoms with Crippen molar-refractivity contribution in [1.29, 1.82) is 5.41 Å². The Balaban J connectivity index is 2.33. The first-order valence-corrected chi connectivity index (χ1v) is 5.18. The minimum absolute atomic E-state index is 0.364. The lowest BCUT2D eigenvalue weighted by Crippen LogP contribution is -2.01. The summed E-state index contributed by atoms with van der Waals surface area (Å²) in [5, 5.41) is 6.99. The lowest BCUT2D eigenvalue weighted by Gasteiger charge is -2.08. The molecular weight excluding hydrogens is 214 g/mol. The topological polar surface area (TPSA) is 50.2 Å². The molecule has 2 aromatic rings. The summed E-state index contributed by atoms with van der Waals surface area (Å²) in [5.74, 6) is 0.765. The van der Waals surface area contributed by atoms with E-state index in [1.165, 1.54) is 0 Å². The number of Topliss-reactive ketones (excluding diaryl/α,β-unsaturated/α-hetero) is 1. The maximum atomic E-state index is 11.5. The Hall–Kier alpha value is -2.42. The predicted octanol–water partition coefficient (Wildman–Crippen LogP) is 3.31. The number of benzene rings is 2. The molecule has 0 spiro atoms. The van der Waals surface area contributed by atoms with Gasteiger partial charge in [-0.15, -0.1) is 0 Å². The van der Waals surface area contributed by atoms with Gasteiger partial charge in [0.05, 0.1) is 11.8 Å². The molecule has 3 nitrogen and oxygen atoms in total. The van der Waals surface area contributed by atoms with Crippen LogP contribution in [0.5, 0.6) is 11.5 Å². The number of carbonyl (C=O) groups is 1. The summed E-state index contributed by atoms with van der Waals surface area (Å²) in [5.41, 5.74) is 0.395. The van der Waals surface area contributed by atoms with Gasteiger partial charge in [0.1, 0.15) is 11.5 Å². The molecule has 3 heteroatoms. The van der Waals surface area contributed by atoms with Gasteiger partial charge >= 0.3 is 0 Å². The molecular formula is C14H11NO2. The highest BCUT2D eigenvalue weighted by atomic mass is 16.5. The summed E-state index contributed by atoms with van der Waals surface area (Å²) in [6.07, 6.45) is 0.785. The molecule has 0 radical (unpaired) electrons. The minimum atomic E-state index is -0.364. The summed E-state index contributed by atoms with van der Waals surface area (Å²) < 4.78 is 5.61. The third-order valence-corrected chi connectivity index (χ3v) is 2.25. The van der Waals surface area contributed by atoms with Crippen LogP contribution in [0.25, 0.3) is 0 Å². The van der Waals surface area contributed by atoms with Crippen LogP contribution in [-0.2, 0) is 0 Å². The third-order valence-electron chi connectivity index (χ3n) is 2.25. The van der Waals surface area contributed by atoms with Crippen molar-refractivity contribution in [2.24, 2.45) is 0 Å². The highest BCUT2D eigenvalue weighted by Crippen LogP contribution is 2.24. The van der Waals surface area contributed by atoms with Crippen LogP contribution in [-0.4, -0.2) is 12.0 Å². The number of ketones is 1. The Morgan fingerprint density at radius 1 is 1.00 bits per heavy atom. The first-order chi connectivity index (χ1) is 8.31. The maximum Gasteiger partial charge on any atom is 0.207 e. The molecule has 1 N–H and O–H groups in total. The van der Waals surface area contributed by atoms with Gasteiger partial charge in [-0.25, -0.2) is 0 Å². The lowest BCUT2D eigenvalue weighted by molar-refractivity contribution is 0.106. The van der Waals surface area contributed by atoms with E-state index in [1.54, 1.807) is 24.3 Å². The van der Waals surface area contributed by atoms with Crippen LogP contribution in [0.15, 0.2) is 54.6 Å². The second-order valence-corrected chi connectivity index (χ2v) is 3.42. The SMILES string of the molecule is N=CC(=O)c1ccccc1Oc1ccccc1.